The largest absolute Gasteiger partial charge is 0.489 e. The van der Waals surface area contributed by atoms with E-state index >= 15 is 0 Å². The number of Topliss-reactive ketones (excluding diaryl/α,β-unsaturated/α-hetero) is 1. The molecular formula is C24H26Cl3NO4. The fourth-order valence-corrected chi connectivity index (χ4v) is 5.20. The first kappa shape index (κ1) is 23.7. The quantitative estimate of drug-likeness (QED) is 0.515. The third kappa shape index (κ3) is 5.18. The van der Waals surface area contributed by atoms with Crippen molar-refractivity contribution in [1.82, 2.24) is 4.90 Å². The second-order valence-corrected chi connectivity index (χ2v) is 9.80. The molecule has 8 heteroatoms. The van der Waals surface area contributed by atoms with Crippen LogP contribution in [0.1, 0.15) is 42.1 Å². The maximum absolute atomic E-state index is 12.2. The van der Waals surface area contributed by atoms with E-state index in [1.807, 2.05) is 18.2 Å². The summed E-state index contributed by atoms with van der Waals surface area (Å²) in [6.45, 7) is 3.91. The van der Waals surface area contributed by atoms with Gasteiger partial charge in [0.05, 0.1) is 10.6 Å². The van der Waals surface area contributed by atoms with Crippen LogP contribution in [0.5, 0.6) is 11.5 Å². The summed E-state index contributed by atoms with van der Waals surface area (Å²) in [6, 6.07) is 8.88. The van der Waals surface area contributed by atoms with Crippen LogP contribution in [0.25, 0.3) is 0 Å². The minimum absolute atomic E-state index is 0.0351. The highest BCUT2D eigenvalue weighted by molar-refractivity contribution is 6.36. The van der Waals surface area contributed by atoms with Crippen molar-refractivity contribution < 1.29 is 19.4 Å². The van der Waals surface area contributed by atoms with E-state index in [0.717, 1.165) is 48.7 Å². The molecule has 32 heavy (non-hydrogen) atoms. The van der Waals surface area contributed by atoms with Gasteiger partial charge in [0.1, 0.15) is 29.8 Å². The Morgan fingerprint density at radius 3 is 2.66 bits per heavy atom. The maximum atomic E-state index is 12.2. The summed E-state index contributed by atoms with van der Waals surface area (Å²) in [5, 5.41) is 11.9. The Morgan fingerprint density at radius 1 is 1.19 bits per heavy atom. The molecule has 2 heterocycles. The molecule has 1 saturated heterocycles. The second-order valence-electron chi connectivity index (χ2n) is 8.52. The van der Waals surface area contributed by atoms with Gasteiger partial charge < -0.3 is 19.5 Å². The zero-order chi connectivity index (χ0) is 22.9. The molecule has 2 aromatic rings. The van der Waals surface area contributed by atoms with Crippen LogP contribution in [0.3, 0.4) is 0 Å². The number of β-amino-alcohol motifs (C(OH)–C–C–N with tert-alkyl or cyclic N) is 1. The first-order valence-electron chi connectivity index (χ1n) is 10.8. The molecule has 0 aromatic heterocycles. The van der Waals surface area contributed by atoms with E-state index < -0.39 is 6.10 Å². The number of ketones is 1. The number of hydrogen-bond donors (Lipinski definition) is 1. The van der Waals surface area contributed by atoms with Crippen molar-refractivity contribution in [3.63, 3.8) is 0 Å². The molecule has 4 rings (SSSR count). The van der Waals surface area contributed by atoms with Gasteiger partial charge in [0.2, 0.25) is 0 Å². The molecule has 0 bridgehead atoms. The lowest BCUT2D eigenvalue weighted by Gasteiger charge is -2.39. The molecule has 1 spiro atoms. The van der Waals surface area contributed by atoms with E-state index in [0.29, 0.717) is 23.6 Å². The third-order valence-corrected chi connectivity index (χ3v) is 6.88. The third-order valence-electron chi connectivity index (χ3n) is 6.15. The van der Waals surface area contributed by atoms with Crippen LogP contribution < -0.4 is 9.47 Å². The van der Waals surface area contributed by atoms with Gasteiger partial charge in [0.15, 0.2) is 5.78 Å². The van der Waals surface area contributed by atoms with Gasteiger partial charge in [0.25, 0.3) is 0 Å². The van der Waals surface area contributed by atoms with Gasteiger partial charge in [-0.1, -0.05) is 41.7 Å². The molecule has 2 aromatic carbocycles. The van der Waals surface area contributed by atoms with Crippen LogP contribution in [-0.4, -0.2) is 53.7 Å². The number of rotatable bonds is 7. The van der Waals surface area contributed by atoms with Gasteiger partial charge in [-0.05, 0) is 35.9 Å². The smallest absolute Gasteiger partial charge is 0.166 e. The van der Waals surface area contributed by atoms with Crippen LogP contribution in [0.4, 0.5) is 0 Å². The van der Waals surface area contributed by atoms with E-state index in [2.05, 4.69) is 4.90 Å². The van der Waals surface area contributed by atoms with Crippen molar-refractivity contribution in [2.24, 2.45) is 0 Å². The number of aliphatic hydroxyl groups excluding tert-OH is 1. The standard InChI is InChI=1S/C24H26Cl3NO4/c1-2-21(30)19-10-17(26)11-20(27)23(19)31-14-18(29)13-28-7-5-24(6-8-28)12-15-9-16(25)3-4-22(15)32-24/h3-4,9-11,18,29H,2,5-8,12-14H2,1H3/t18-/m0/s1. The number of halogens is 3. The number of fused-ring (bicyclic) bond motifs is 1. The van der Waals surface area contributed by atoms with E-state index in [9.17, 15) is 9.90 Å². The minimum atomic E-state index is -0.721. The van der Waals surface area contributed by atoms with Crippen LogP contribution in [0.2, 0.25) is 15.1 Å². The average molecular weight is 499 g/mol. The lowest BCUT2D eigenvalue weighted by atomic mass is 9.87. The monoisotopic (exact) mass is 497 g/mol. The Bertz CT molecular complexity index is 1000. The summed E-state index contributed by atoms with van der Waals surface area (Å²) in [6.07, 6.45) is 2.21. The molecule has 2 aliphatic rings. The topological polar surface area (TPSA) is 59.0 Å². The molecule has 0 amide bonds. The van der Waals surface area contributed by atoms with Gasteiger partial charge in [-0.25, -0.2) is 0 Å². The zero-order valence-electron chi connectivity index (χ0n) is 17.9. The van der Waals surface area contributed by atoms with Gasteiger partial charge in [-0.3, -0.25) is 4.79 Å². The summed E-state index contributed by atoms with van der Waals surface area (Å²) in [7, 11) is 0. The molecular weight excluding hydrogens is 473 g/mol. The first-order valence-corrected chi connectivity index (χ1v) is 11.9. The van der Waals surface area contributed by atoms with E-state index in [4.69, 9.17) is 44.3 Å². The van der Waals surface area contributed by atoms with Crippen molar-refractivity contribution >= 4 is 40.6 Å². The first-order chi connectivity index (χ1) is 15.3. The van der Waals surface area contributed by atoms with Crippen molar-refractivity contribution in [2.45, 2.75) is 44.3 Å². The number of piperidine rings is 1. The molecule has 1 fully saturated rings. The van der Waals surface area contributed by atoms with E-state index in [-0.39, 0.29) is 28.8 Å². The number of ether oxygens (including phenoxy) is 2. The van der Waals surface area contributed by atoms with Crippen LogP contribution in [0, 0.1) is 0 Å². The molecule has 1 N–H and O–H groups in total. The number of likely N-dealkylation sites (tertiary alicyclic amines) is 1. The fraction of sp³-hybridized carbons (Fsp3) is 0.458. The highest BCUT2D eigenvalue weighted by Gasteiger charge is 2.42. The summed E-state index contributed by atoms with van der Waals surface area (Å²) < 4.78 is 12.1. The maximum Gasteiger partial charge on any atom is 0.166 e. The molecule has 172 valence electrons. The Morgan fingerprint density at radius 2 is 1.94 bits per heavy atom. The van der Waals surface area contributed by atoms with Gasteiger partial charge in [-0.2, -0.15) is 0 Å². The fourth-order valence-electron chi connectivity index (χ4n) is 4.46. The predicted molar refractivity (Wildman–Crippen MR) is 127 cm³/mol. The number of hydrogen-bond acceptors (Lipinski definition) is 5. The number of carbonyl (C=O) groups excluding carboxylic acids is 1. The van der Waals surface area contributed by atoms with Crippen molar-refractivity contribution in [2.75, 3.05) is 26.2 Å². The number of benzene rings is 2. The zero-order valence-corrected chi connectivity index (χ0v) is 20.1. The van der Waals surface area contributed by atoms with Gasteiger partial charge >= 0.3 is 0 Å². The SMILES string of the molecule is CCC(=O)c1cc(Cl)cc(Cl)c1OC[C@@H](O)CN1CCC2(CC1)Cc1cc(Cl)ccc1O2. The Labute approximate surface area is 203 Å². The summed E-state index contributed by atoms with van der Waals surface area (Å²) in [5.41, 5.74) is 1.32. The molecule has 1 atom stereocenters. The second kappa shape index (κ2) is 9.78. The molecule has 5 nitrogen and oxygen atoms in total. The number of aliphatic hydroxyl groups is 1. The summed E-state index contributed by atoms with van der Waals surface area (Å²) >= 11 is 18.4. The molecule has 0 aliphatic carbocycles. The average Bonchev–Trinajstić information content (AvgIpc) is 3.10. The van der Waals surface area contributed by atoms with Crippen LogP contribution in [-0.2, 0) is 6.42 Å². The number of carbonyl (C=O) groups is 1. The summed E-state index contributed by atoms with van der Waals surface area (Å²) in [5.74, 6) is 1.09. The van der Waals surface area contributed by atoms with Gasteiger partial charge in [0, 0.05) is 55.4 Å². The van der Waals surface area contributed by atoms with Gasteiger partial charge in [-0.15, -0.1) is 0 Å². The van der Waals surface area contributed by atoms with Crippen molar-refractivity contribution in [3.8, 4) is 11.5 Å². The normalized spacial score (nSPS) is 18.3. The van der Waals surface area contributed by atoms with Crippen LogP contribution >= 0.6 is 34.8 Å². The minimum Gasteiger partial charge on any atom is -0.489 e. The summed E-state index contributed by atoms with van der Waals surface area (Å²) in [4.78, 5) is 14.4. The Hall–Kier alpha value is -1.50. The lowest BCUT2D eigenvalue weighted by Crippen LogP contribution is -2.49. The molecule has 0 unspecified atom stereocenters. The molecule has 2 aliphatic heterocycles. The van der Waals surface area contributed by atoms with E-state index in [1.54, 1.807) is 13.0 Å². The van der Waals surface area contributed by atoms with Crippen molar-refractivity contribution in [3.05, 3.63) is 56.5 Å². The predicted octanol–water partition coefficient (Wildman–Crippen LogP) is 5.45. The van der Waals surface area contributed by atoms with Crippen molar-refractivity contribution in [1.29, 1.82) is 0 Å². The van der Waals surface area contributed by atoms with Crippen LogP contribution in [0.15, 0.2) is 30.3 Å². The highest BCUT2D eigenvalue weighted by atomic mass is 35.5. The Balaban J connectivity index is 1.30. The highest BCUT2D eigenvalue weighted by Crippen LogP contribution is 2.42. The molecule has 0 radical (unpaired) electrons. The molecule has 0 saturated carbocycles. The van der Waals surface area contributed by atoms with E-state index in [1.165, 1.54) is 6.07 Å². The number of nitrogens with zero attached hydrogens (tertiary/aromatic N) is 1. The lowest BCUT2D eigenvalue weighted by molar-refractivity contribution is -0.00199. The Kier molecular flexibility index (Phi) is 7.23.